The number of rotatable bonds is 4. The lowest BCUT2D eigenvalue weighted by Gasteiger charge is -2.06. The minimum atomic E-state index is -0.757. The first kappa shape index (κ1) is 8.43. The van der Waals surface area contributed by atoms with E-state index in [9.17, 15) is 4.79 Å². The lowest BCUT2D eigenvalue weighted by Crippen LogP contribution is -2.16. The molecule has 0 fully saturated rings. The van der Waals surface area contributed by atoms with Gasteiger partial charge < -0.3 is 10.8 Å². The molecule has 0 saturated carbocycles. The zero-order valence-electron chi connectivity index (χ0n) is 5.63. The smallest absolute Gasteiger partial charge is 0.303 e. The van der Waals surface area contributed by atoms with Crippen LogP contribution in [0, 0.1) is 5.92 Å². The Bertz CT molecular complexity index is 89.1. The molecule has 0 aliphatic carbocycles. The highest BCUT2D eigenvalue weighted by Gasteiger charge is 2.07. The Labute approximate surface area is 54.9 Å². The fraction of sp³-hybridized carbons (Fsp3) is 0.833. The SMILES string of the molecule is CCC(CN)CC(=O)O. The summed E-state index contributed by atoms with van der Waals surface area (Å²) in [6.45, 7) is 2.42. The average Bonchev–Trinajstić information content (AvgIpc) is 1.82. The van der Waals surface area contributed by atoms with Gasteiger partial charge in [0.15, 0.2) is 0 Å². The maximum atomic E-state index is 10.1. The number of carboxylic acid groups (broad SMARTS) is 1. The van der Waals surface area contributed by atoms with Crippen LogP contribution in [0.15, 0.2) is 0 Å². The molecular formula is C6H13NO2. The lowest BCUT2D eigenvalue weighted by atomic mass is 10.0. The first-order valence-corrected chi connectivity index (χ1v) is 3.12. The zero-order chi connectivity index (χ0) is 7.28. The number of hydrogen-bond donors (Lipinski definition) is 2. The normalized spacial score (nSPS) is 13.1. The van der Waals surface area contributed by atoms with Crippen LogP contribution in [0.1, 0.15) is 19.8 Å². The van der Waals surface area contributed by atoms with Crippen molar-refractivity contribution in [3.63, 3.8) is 0 Å². The number of carboxylic acids is 1. The van der Waals surface area contributed by atoms with Crippen molar-refractivity contribution in [2.24, 2.45) is 11.7 Å². The summed E-state index contributed by atoms with van der Waals surface area (Å²) < 4.78 is 0. The van der Waals surface area contributed by atoms with Crippen molar-refractivity contribution in [3.8, 4) is 0 Å². The standard InChI is InChI=1S/C6H13NO2/c1-2-5(4-7)3-6(8)9/h5H,2-4,7H2,1H3,(H,8,9). The summed E-state index contributed by atoms with van der Waals surface area (Å²) in [5.74, 6) is -0.602. The lowest BCUT2D eigenvalue weighted by molar-refractivity contribution is -0.138. The van der Waals surface area contributed by atoms with Gasteiger partial charge in [-0.05, 0) is 12.5 Å². The van der Waals surface area contributed by atoms with E-state index in [0.29, 0.717) is 6.54 Å². The molecule has 0 radical (unpaired) electrons. The summed E-state index contributed by atoms with van der Waals surface area (Å²) in [6, 6.07) is 0. The van der Waals surface area contributed by atoms with E-state index in [1.165, 1.54) is 0 Å². The van der Waals surface area contributed by atoms with Gasteiger partial charge >= 0.3 is 5.97 Å². The fourth-order valence-corrected chi connectivity index (χ4v) is 0.641. The number of aliphatic carboxylic acids is 1. The summed E-state index contributed by atoms with van der Waals surface area (Å²) in [4.78, 5) is 10.1. The van der Waals surface area contributed by atoms with Gasteiger partial charge in [-0.1, -0.05) is 13.3 Å². The van der Waals surface area contributed by atoms with Gasteiger partial charge in [0, 0.05) is 6.42 Å². The molecule has 0 amide bonds. The Kier molecular flexibility index (Phi) is 4.05. The second-order valence-electron chi connectivity index (χ2n) is 2.11. The molecule has 0 bridgehead atoms. The van der Waals surface area contributed by atoms with Crippen LogP contribution in [-0.2, 0) is 4.79 Å². The van der Waals surface area contributed by atoms with Gasteiger partial charge in [-0.3, -0.25) is 4.79 Å². The van der Waals surface area contributed by atoms with Crippen molar-refractivity contribution in [2.45, 2.75) is 19.8 Å². The van der Waals surface area contributed by atoms with Crippen molar-refractivity contribution in [1.29, 1.82) is 0 Å². The van der Waals surface area contributed by atoms with E-state index < -0.39 is 5.97 Å². The monoisotopic (exact) mass is 131 g/mol. The first-order valence-electron chi connectivity index (χ1n) is 3.12. The molecule has 0 aromatic heterocycles. The van der Waals surface area contributed by atoms with E-state index in [-0.39, 0.29) is 12.3 Å². The molecule has 0 rings (SSSR count). The molecule has 3 nitrogen and oxygen atoms in total. The molecule has 0 spiro atoms. The van der Waals surface area contributed by atoms with Gasteiger partial charge in [-0.25, -0.2) is 0 Å². The van der Waals surface area contributed by atoms with Gasteiger partial charge in [0.25, 0.3) is 0 Å². The summed E-state index contributed by atoms with van der Waals surface area (Å²) in [5, 5.41) is 8.29. The summed E-state index contributed by atoms with van der Waals surface area (Å²) in [7, 11) is 0. The third kappa shape index (κ3) is 3.97. The van der Waals surface area contributed by atoms with Gasteiger partial charge in [-0.2, -0.15) is 0 Å². The third-order valence-electron chi connectivity index (χ3n) is 1.37. The second kappa shape index (κ2) is 4.32. The Balaban J connectivity index is 3.43. The van der Waals surface area contributed by atoms with Crippen molar-refractivity contribution in [3.05, 3.63) is 0 Å². The molecule has 54 valence electrons. The Morgan fingerprint density at radius 1 is 1.78 bits per heavy atom. The maximum absolute atomic E-state index is 10.1. The minimum Gasteiger partial charge on any atom is -0.481 e. The highest BCUT2D eigenvalue weighted by atomic mass is 16.4. The van der Waals surface area contributed by atoms with E-state index in [0.717, 1.165) is 6.42 Å². The number of nitrogens with two attached hydrogens (primary N) is 1. The molecule has 9 heavy (non-hydrogen) atoms. The summed E-state index contributed by atoms with van der Waals surface area (Å²) >= 11 is 0. The van der Waals surface area contributed by atoms with Crippen molar-refractivity contribution < 1.29 is 9.90 Å². The molecule has 3 N–H and O–H groups in total. The second-order valence-corrected chi connectivity index (χ2v) is 2.11. The van der Waals surface area contributed by atoms with Crippen LogP contribution < -0.4 is 5.73 Å². The van der Waals surface area contributed by atoms with Gasteiger partial charge in [0.1, 0.15) is 0 Å². The molecule has 0 heterocycles. The van der Waals surface area contributed by atoms with Crippen LogP contribution in [-0.4, -0.2) is 17.6 Å². The quantitative estimate of drug-likeness (QED) is 0.582. The molecule has 0 aliphatic heterocycles. The van der Waals surface area contributed by atoms with Gasteiger partial charge in [0.05, 0.1) is 0 Å². The molecule has 0 saturated heterocycles. The maximum Gasteiger partial charge on any atom is 0.303 e. The predicted molar refractivity (Wildman–Crippen MR) is 35.1 cm³/mol. The van der Waals surface area contributed by atoms with Crippen LogP contribution in [0.25, 0.3) is 0 Å². The number of carbonyl (C=O) groups is 1. The van der Waals surface area contributed by atoms with E-state index in [2.05, 4.69) is 0 Å². The topological polar surface area (TPSA) is 63.3 Å². The number of hydrogen-bond acceptors (Lipinski definition) is 2. The highest BCUT2D eigenvalue weighted by Crippen LogP contribution is 2.04. The molecule has 0 aliphatic rings. The predicted octanol–water partition coefficient (Wildman–Crippen LogP) is 0.446. The van der Waals surface area contributed by atoms with Crippen LogP contribution >= 0.6 is 0 Å². The van der Waals surface area contributed by atoms with Crippen molar-refractivity contribution in [1.82, 2.24) is 0 Å². The van der Waals surface area contributed by atoms with Crippen molar-refractivity contribution in [2.75, 3.05) is 6.54 Å². The highest BCUT2D eigenvalue weighted by molar-refractivity contribution is 5.67. The third-order valence-corrected chi connectivity index (χ3v) is 1.37. The Morgan fingerprint density at radius 2 is 2.33 bits per heavy atom. The van der Waals surface area contributed by atoms with Gasteiger partial charge in [0.2, 0.25) is 0 Å². The van der Waals surface area contributed by atoms with E-state index in [4.69, 9.17) is 10.8 Å². The fourth-order valence-electron chi connectivity index (χ4n) is 0.641. The van der Waals surface area contributed by atoms with Crippen molar-refractivity contribution >= 4 is 5.97 Å². The van der Waals surface area contributed by atoms with Crippen LogP contribution in [0.5, 0.6) is 0 Å². The van der Waals surface area contributed by atoms with Crippen LogP contribution in [0.2, 0.25) is 0 Å². The molecule has 0 aromatic rings. The largest absolute Gasteiger partial charge is 0.481 e. The van der Waals surface area contributed by atoms with E-state index in [1.807, 2.05) is 6.92 Å². The summed E-state index contributed by atoms with van der Waals surface area (Å²) in [5.41, 5.74) is 5.27. The van der Waals surface area contributed by atoms with Gasteiger partial charge in [-0.15, -0.1) is 0 Å². The molecule has 1 atom stereocenters. The Morgan fingerprint density at radius 3 is 2.44 bits per heavy atom. The minimum absolute atomic E-state index is 0.155. The summed E-state index contributed by atoms with van der Waals surface area (Å²) in [6.07, 6.45) is 1.05. The first-order chi connectivity index (χ1) is 4.20. The average molecular weight is 131 g/mol. The van der Waals surface area contributed by atoms with E-state index in [1.54, 1.807) is 0 Å². The van der Waals surface area contributed by atoms with Crippen LogP contribution in [0.4, 0.5) is 0 Å². The zero-order valence-corrected chi connectivity index (χ0v) is 5.63. The van der Waals surface area contributed by atoms with Crippen LogP contribution in [0.3, 0.4) is 0 Å². The molecule has 0 aromatic carbocycles. The molecule has 1 unspecified atom stereocenters. The van der Waals surface area contributed by atoms with E-state index >= 15 is 0 Å². The Hall–Kier alpha value is -0.570. The molecular weight excluding hydrogens is 118 g/mol. The molecule has 3 heteroatoms.